The first-order chi connectivity index (χ1) is 9.81. The number of hydrogen-bond acceptors (Lipinski definition) is 3. The summed E-state index contributed by atoms with van der Waals surface area (Å²) in [4.78, 5) is 5.83. The van der Waals surface area contributed by atoms with Crippen molar-refractivity contribution in [2.24, 2.45) is 0 Å². The molecule has 1 N–H and O–H groups in total. The molecule has 1 aromatic rings. The summed E-state index contributed by atoms with van der Waals surface area (Å²) in [7, 11) is 0. The van der Waals surface area contributed by atoms with Gasteiger partial charge >= 0.3 is 0 Å². The van der Waals surface area contributed by atoms with Crippen molar-refractivity contribution in [2.45, 2.75) is 64.5 Å². The van der Waals surface area contributed by atoms with Crippen LogP contribution in [0.3, 0.4) is 0 Å². The van der Waals surface area contributed by atoms with E-state index in [9.17, 15) is 0 Å². The van der Waals surface area contributed by atoms with Crippen LogP contribution in [0.25, 0.3) is 0 Å². The average Bonchev–Trinajstić information content (AvgIpc) is 2.89. The molecule has 112 valence electrons. The molecule has 0 aromatic carbocycles. The van der Waals surface area contributed by atoms with E-state index < -0.39 is 0 Å². The molecule has 1 aromatic heterocycles. The van der Waals surface area contributed by atoms with E-state index in [1.165, 1.54) is 64.6 Å². The van der Waals surface area contributed by atoms with E-state index >= 15 is 0 Å². The van der Waals surface area contributed by atoms with E-state index in [4.69, 9.17) is 0 Å². The topological polar surface area (TPSA) is 15.3 Å². The van der Waals surface area contributed by atoms with E-state index in [2.05, 4.69) is 23.2 Å². The van der Waals surface area contributed by atoms with Crippen molar-refractivity contribution in [1.82, 2.24) is 10.2 Å². The van der Waals surface area contributed by atoms with Crippen LogP contribution >= 0.6 is 11.3 Å². The van der Waals surface area contributed by atoms with Gasteiger partial charge in [-0.05, 0) is 70.2 Å². The van der Waals surface area contributed by atoms with Gasteiger partial charge in [-0.2, -0.15) is 0 Å². The van der Waals surface area contributed by atoms with Crippen molar-refractivity contribution >= 4 is 11.3 Å². The van der Waals surface area contributed by atoms with E-state index in [1.54, 1.807) is 15.3 Å². The van der Waals surface area contributed by atoms with Crippen LogP contribution in [0.15, 0.2) is 6.07 Å². The molecule has 1 atom stereocenters. The van der Waals surface area contributed by atoms with Gasteiger partial charge in [-0.3, -0.25) is 0 Å². The van der Waals surface area contributed by atoms with Crippen LogP contribution in [0.1, 0.15) is 54.3 Å². The Morgan fingerprint density at radius 1 is 1.15 bits per heavy atom. The summed E-state index contributed by atoms with van der Waals surface area (Å²) in [5.74, 6) is 0. The molecule has 2 heterocycles. The third-order valence-electron chi connectivity index (χ3n) is 4.65. The van der Waals surface area contributed by atoms with Crippen LogP contribution < -0.4 is 5.32 Å². The first-order valence-corrected chi connectivity index (χ1v) is 9.19. The number of fused-ring (bicyclic) bond motifs is 1. The summed E-state index contributed by atoms with van der Waals surface area (Å²) < 4.78 is 0. The lowest BCUT2D eigenvalue weighted by Gasteiger charge is -2.29. The molecule has 2 nitrogen and oxygen atoms in total. The number of nitrogens with zero attached hydrogens (tertiary/aromatic N) is 1. The molecular formula is C17H28N2S. The molecule has 1 unspecified atom stereocenters. The lowest BCUT2D eigenvalue weighted by molar-refractivity contribution is 0.209. The highest BCUT2D eigenvalue weighted by atomic mass is 32.1. The molecule has 20 heavy (non-hydrogen) atoms. The maximum Gasteiger partial charge on any atom is 0.0302 e. The second-order valence-corrected chi connectivity index (χ2v) is 7.73. The largest absolute Gasteiger partial charge is 0.308 e. The number of thiophene rings is 1. The summed E-state index contributed by atoms with van der Waals surface area (Å²) in [5.41, 5.74) is 1.64. The second-order valence-electron chi connectivity index (χ2n) is 6.51. The zero-order valence-electron chi connectivity index (χ0n) is 12.8. The summed E-state index contributed by atoms with van der Waals surface area (Å²) in [6.45, 7) is 7.22. The van der Waals surface area contributed by atoms with Crippen molar-refractivity contribution in [2.75, 3.05) is 19.6 Å². The molecular weight excluding hydrogens is 264 g/mol. The molecule has 0 saturated carbocycles. The molecule has 0 spiro atoms. The molecule has 0 amide bonds. The second kappa shape index (κ2) is 7.06. The van der Waals surface area contributed by atoms with Gasteiger partial charge in [0.25, 0.3) is 0 Å². The van der Waals surface area contributed by atoms with Gasteiger partial charge < -0.3 is 10.2 Å². The van der Waals surface area contributed by atoms with Gasteiger partial charge in [0, 0.05) is 28.9 Å². The number of hydrogen-bond donors (Lipinski definition) is 1. The van der Waals surface area contributed by atoms with Crippen molar-refractivity contribution in [3.63, 3.8) is 0 Å². The van der Waals surface area contributed by atoms with Gasteiger partial charge in [-0.15, -0.1) is 11.3 Å². The summed E-state index contributed by atoms with van der Waals surface area (Å²) >= 11 is 2.05. The van der Waals surface area contributed by atoms with Crippen LogP contribution in [0.4, 0.5) is 0 Å². The molecule has 1 fully saturated rings. The first-order valence-electron chi connectivity index (χ1n) is 8.37. The average molecular weight is 292 g/mol. The fraction of sp³-hybridized carbons (Fsp3) is 0.765. The molecule has 1 aliphatic carbocycles. The zero-order valence-corrected chi connectivity index (χ0v) is 13.6. The molecule has 0 radical (unpaired) electrons. The molecule has 2 aliphatic rings. The summed E-state index contributed by atoms with van der Waals surface area (Å²) in [6.07, 6.45) is 9.64. The predicted octanol–water partition coefficient (Wildman–Crippen LogP) is 3.59. The Hall–Kier alpha value is -0.380. The number of rotatable bonds is 5. The Bertz CT molecular complexity index is 397. The van der Waals surface area contributed by atoms with Crippen LogP contribution in [-0.4, -0.2) is 30.6 Å². The van der Waals surface area contributed by atoms with Crippen molar-refractivity contribution in [1.29, 1.82) is 0 Å². The van der Waals surface area contributed by atoms with Crippen molar-refractivity contribution in [3.8, 4) is 0 Å². The monoisotopic (exact) mass is 292 g/mol. The van der Waals surface area contributed by atoms with Crippen LogP contribution in [0.5, 0.6) is 0 Å². The van der Waals surface area contributed by atoms with Crippen LogP contribution in [-0.2, 0) is 19.4 Å². The van der Waals surface area contributed by atoms with E-state index in [1.807, 2.05) is 11.3 Å². The lowest BCUT2D eigenvalue weighted by Crippen LogP contribution is -2.41. The summed E-state index contributed by atoms with van der Waals surface area (Å²) in [6, 6.07) is 3.06. The minimum absolute atomic E-state index is 0.604. The Morgan fingerprint density at radius 3 is 2.75 bits per heavy atom. The van der Waals surface area contributed by atoms with Crippen molar-refractivity contribution < 1.29 is 0 Å². The maximum absolute atomic E-state index is 3.72. The molecule has 1 saturated heterocycles. The lowest BCUT2D eigenvalue weighted by atomic mass is 9.99. The van der Waals surface area contributed by atoms with Gasteiger partial charge in [0.15, 0.2) is 0 Å². The number of aryl methyl sites for hydroxylation is 2. The third kappa shape index (κ3) is 3.84. The molecule has 3 rings (SSSR count). The highest BCUT2D eigenvalue weighted by molar-refractivity contribution is 7.12. The normalized spacial score (nSPS) is 21.6. The quantitative estimate of drug-likeness (QED) is 0.892. The Labute approximate surface area is 127 Å². The van der Waals surface area contributed by atoms with Gasteiger partial charge in [0.2, 0.25) is 0 Å². The van der Waals surface area contributed by atoms with Gasteiger partial charge in [0.05, 0.1) is 0 Å². The SMILES string of the molecule is CC(CN1CCCCC1)NCc1cc2c(s1)CCCC2. The van der Waals surface area contributed by atoms with E-state index in [-0.39, 0.29) is 0 Å². The Balaban J connectivity index is 1.45. The first kappa shape index (κ1) is 14.6. The van der Waals surface area contributed by atoms with Gasteiger partial charge in [0.1, 0.15) is 0 Å². The number of likely N-dealkylation sites (tertiary alicyclic amines) is 1. The smallest absolute Gasteiger partial charge is 0.0302 e. The Kier molecular flexibility index (Phi) is 5.14. The Morgan fingerprint density at radius 2 is 1.95 bits per heavy atom. The van der Waals surface area contributed by atoms with Crippen LogP contribution in [0.2, 0.25) is 0 Å². The zero-order chi connectivity index (χ0) is 13.8. The highest BCUT2D eigenvalue weighted by Gasteiger charge is 2.15. The fourth-order valence-electron chi connectivity index (χ4n) is 3.51. The number of piperidine rings is 1. The summed E-state index contributed by atoms with van der Waals surface area (Å²) in [5, 5.41) is 3.72. The minimum Gasteiger partial charge on any atom is -0.308 e. The maximum atomic E-state index is 3.72. The minimum atomic E-state index is 0.604. The highest BCUT2D eigenvalue weighted by Crippen LogP contribution is 2.29. The molecule has 1 aliphatic heterocycles. The standard InChI is InChI=1S/C17H28N2S/c1-14(13-19-9-5-2-6-10-19)18-12-16-11-15-7-3-4-8-17(15)20-16/h11,14,18H,2-10,12-13H2,1H3. The van der Waals surface area contributed by atoms with Gasteiger partial charge in [-0.25, -0.2) is 0 Å². The predicted molar refractivity (Wildman–Crippen MR) is 87.6 cm³/mol. The molecule has 3 heteroatoms. The van der Waals surface area contributed by atoms with E-state index in [0.717, 1.165) is 6.54 Å². The molecule has 0 bridgehead atoms. The van der Waals surface area contributed by atoms with E-state index in [0.29, 0.717) is 6.04 Å². The third-order valence-corrected chi connectivity index (χ3v) is 5.89. The van der Waals surface area contributed by atoms with Crippen LogP contribution in [0, 0.1) is 0 Å². The van der Waals surface area contributed by atoms with Gasteiger partial charge in [-0.1, -0.05) is 6.42 Å². The number of nitrogens with one attached hydrogen (secondary N) is 1. The fourth-order valence-corrected chi connectivity index (χ4v) is 4.72. The van der Waals surface area contributed by atoms with Crippen molar-refractivity contribution in [3.05, 3.63) is 21.4 Å².